The number of H-pyrrole nitrogens is 2. The maximum absolute atomic E-state index is 11.9. The zero-order valence-electron chi connectivity index (χ0n) is 10.3. The Morgan fingerprint density at radius 1 is 1.10 bits per heavy atom. The summed E-state index contributed by atoms with van der Waals surface area (Å²) in [5, 5.41) is 4.54. The van der Waals surface area contributed by atoms with Gasteiger partial charge in [-0.05, 0) is 0 Å². The molecule has 0 amide bonds. The quantitative estimate of drug-likeness (QED) is 0.678. The molecular weight excluding hydrogens is 280 g/mol. The van der Waals surface area contributed by atoms with Crippen molar-refractivity contribution in [3.63, 3.8) is 0 Å². The van der Waals surface area contributed by atoms with Crippen LogP contribution in [-0.2, 0) is 6.54 Å². The highest BCUT2D eigenvalue weighted by atomic mass is 35.5. The smallest absolute Gasteiger partial charge is 0.272 e. The number of nitrogens with one attached hydrogen (secondary N) is 2. The number of rotatable bonds is 1. The summed E-state index contributed by atoms with van der Waals surface area (Å²) in [5.41, 5.74) is 7.18. The summed E-state index contributed by atoms with van der Waals surface area (Å²) in [7, 11) is 0. The zero-order chi connectivity index (χ0) is 14.3. The van der Waals surface area contributed by atoms with E-state index in [0.29, 0.717) is 5.70 Å². The first kappa shape index (κ1) is 12.6. The van der Waals surface area contributed by atoms with E-state index in [1.807, 2.05) is 30.3 Å². The molecule has 20 heavy (non-hydrogen) atoms. The molecule has 6 nitrogen and oxygen atoms in total. The highest BCUT2D eigenvalue weighted by Crippen LogP contribution is 2.32. The van der Waals surface area contributed by atoms with Crippen molar-refractivity contribution in [2.24, 2.45) is 5.73 Å². The number of nitrogens with zero attached hydrogens (tertiary/aromatic N) is 1. The average molecular weight is 291 g/mol. The molecule has 1 aliphatic heterocycles. The van der Waals surface area contributed by atoms with Crippen molar-refractivity contribution in [2.45, 2.75) is 6.54 Å². The second kappa shape index (κ2) is 4.57. The molecule has 0 unspecified atom stereocenters. The number of hydrogen-bond acceptors (Lipinski definition) is 4. The van der Waals surface area contributed by atoms with Gasteiger partial charge in [-0.3, -0.25) is 24.2 Å². The Morgan fingerprint density at radius 2 is 1.75 bits per heavy atom. The van der Waals surface area contributed by atoms with Crippen LogP contribution in [0.2, 0.25) is 0 Å². The number of aromatic nitrogens is 2. The summed E-state index contributed by atoms with van der Waals surface area (Å²) in [4.78, 5) is 23.7. The SMILES string of the molecule is NC1=C(c2ccccc2)N(Cl)Cc2c1c(=O)[nH][nH]c2=O. The number of nitrogens with two attached hydrogens (primary N) is 1. The Bertz CT molecular complexity index is 807. The molecule has 0 atom stereocenters. The van der Waals surface area contributed by atoms with E-state index in [4.69, 9.17) is 17.5 Å². The highest BCUT2D eigenvalue weighted by molar-refractivity contribution is 6.19. The van der Waals surface area contributed by atoms with Crippen LogP contribution in [0.5, 0.6) is 0 Å². The summed E-state index contributed by atoms with van der Waals surface area (Å²) in [6.45, 7) is 0.112. The van der Waals surface area contributed by atoms with Crippen molar-refractivity contribution >= 4 is 23.2 Å². The second-order valence-corrected chi connectivity index (χ2v) is 4.82. The molecule has 0 fully saturated rings. The molecule has 1 aliphatic rings. The van der Waals surface area contributed by atoms with Crippen LogP contribution in [-0.4, -0.2) is 14.6 Å². The molecule has 1 aromatic carbocycles. The number of halogens is 1. The van der Waals surface area contributed by atoms with Gasteiger partial charge in [0.15, 0.2) is 0 Å². The van der Waals surface area contributed by atoms with Gasteiger partial charge in [0.25, 0.3) is 11.1 Å². The van der Waals surface area contributed by atoms with Crippen LogP contribution in [0.1, 0.15) is 16.7 Å². The molecule has 102 valence electrons. The zero-order valence-corrected chi connectivity index (χ0v) is 11.1. The molecule has 1 aromatic heterocycles. The Hall–Kier alpha value is -2.47. The standard InChI is InChI=1S/C13H11ClN4O2/c14-18-6-8-9(13(20)17-16-12(8)19)10(15)11(18)7-4-2-1-3-5-7/h1-5H,6,15H2,(H,16,19)(H,17,20). The van der Waals surface area contributed by atoms with Gasteiger partial charge in [-0.15, -0.1) is 0 Å². The highest BCUT2D eigenvalue weighted by Gasteiger charge is 2.27. The van der Waals surface area contributed by atoms with Crippen LogP contribution < -0.4 is 16.9 Å². The lowest BCUT2D eigenvalue weighted by Crippen LogP contribution is -2.35. The first-order valence-electron chi connectivity index (χ1n) is 5.92. The van der Waals surface area contributed by atoms with Crippen molar-refractivity contribution in [3.05, 3.63) is 67.7 Å². The third kappa shape index (κ3) is 1.81. The molecule has 0 aliphatic carbocycles. The van der Waals surface area contributed by atoms with Gasteiger partial charge in [0.1, 0.15) is 0 Å². The number of benzene rings is 1. The number of hydrogen-bond donors (Lipinski definition) is 3. The lowest BCUT2D eigenvalue weighted by molar-refractivity contribution is 0.604. The minimum atomic E-state index is -0.435. The van der Waals surface area contributed by atoms with Crippen molar-refractivity contribution in [1.29, 1.82) is 0 Å². The molecule has 0 bridgehead atoms. The first-order valence-corrected chi connectivity index (χ1v) is 6.26. The topological polar surface area (TPSA) is 95.0 Å². The summed E-state index contributed by atoms with van der Waals surface area (Å²) in [6, 6.07) is 9.23. The second-order valence-electron chi connectivity index (χ2n) is 4.41. The Labute approximate surface area is 118 Å². The summed E-state index contributed by atoms with van der Waals surface area (Å²) in [5.74, 6) is 0. The lowest BCUT2D eigenvalue weighted by Gasteiger charge is -2.27. The van der Waals surface area contributed by atoms with Gasteiger partial charge in [-0.2, -0.15) is 0 Å². The van der Waals surface area contributed by atoms with E-state index in [0.717, 1.165) is 5.56 Å². The first-order chi connectivity index (χ1) is 9.59. The number of fused-ring (bicyclic) bond motifs is 1. The normalized spacial score (nSPS) is 14.3. The van der Waals surface area contributed by atoms with E-state index in [1.165, 1.54) is 4.42 Å². The number of aromatic amines is 2. The fourth-order valence-electron chi connectivity index (χ4n) is 2.30. The van der Waals surface area contributed by atoms with Crippen molar-refractivity contribution in [3.8, 4) is 0 Å². The molecule has 2 heterocycles. The van der Waals surface area contributed by atoms with Gasteiger partial charge in [-0.25, -0.2) is 0 Å². The molecule has 7 heteroatoms. The van der Waals surface area contributed by atoms with Crippen LogP contribution in [0.15, 0.2) is 39.9 Å². The average Bonchev–Trinajstić information content (AvgIpc) is 2.44. The van der Waals surface area contributed by atoms with E-state index in [1.54, 1.807) is 0 Å². The van der Waals surface area contributed by atoms with Gasteiger partial charge in [0.05, 0.1) is 29.1 Å². The van der Waals surface area contributed by atoms with Gasteiger partial charge in [-0.1, -0.05) is 30.3 Å². The van der Waals surface area contributed by atoms with Crippen molar-refractivity contribution in [2.75, 3.05) is 0 Å². The Kier molecular flexibility index (Phi) is 2.87. The predicted octanol–water partition coefficient (Wildman–Crippen LogP) is 0.817. The Balaban J connectivity index is 2.33. The van der Waals surface area contributed by atoms with E-state index >= 15 is 0 Å². The third-order valence-electron chi connectivity index (χ3n) is 3.20. The van der Waals surface area contributed by atoms with Crippen LogP contribution in [0.4, 0.5) is 0 Å². The molecule has 0 saturated heterocycles. The van der Waals surface area contributed by atoms with Crippen LogP contribution in [0.25, 0.3) is 11.4 Å². The van der Waals surface area contributed by atoms with Crippen LogP contribution in [0, 0.1) is 0 Å². The van der Waals surface area contributed by atoms with Gasteiger partial charge >= 0.3 is 0 Å². The fraction of sp³-hybridized carbons (Fsp3) is 0.0769. The molecule has 0 spiro atoms. The fourth-order valence-corrected chi connectivity index (χ4v) is 2.60. The van der Waals surface area contributed by atoms with Crippen molar-refractivity contribution < 1.29 is 0 Å². The summed E-state index contributed by atoms with van der Waals surface area (Å²) in [6.07, 6.45) is 0. The maximum atomic E-state index is 11.9. The van der Waals surface area contributed by atoms with Crippen LogP contribution in [0.3, 0.4) is 0 Å². The van der Waals surface area contributed by atoms with E-state index in [2.05, 4.69) is 10.2 Å². The Morgan fingerprint density at radius 3 is 2.45 bits per heavy atom. The monoisotopic (exact) mass is 290 g/mol. The summed E-state index contributed by atoms with van der Waals surface area (Å²) < 4.78 is 1.35. The third-order valence-corrected chi connectivity index (χ3v) is 3.49. The van der Waals surface area contributed by atoms with E-state index in [-0.39, 0.29) is 23.4 Å². The van der Waals surface area contributed by atoms with Gasteiger partial charge in [0.2, 0.25) is 0 Å². The molecule has 2 aromatic rings. The van der Waals surface area contributed by atoms with Gasteiger partial charge < -0.3 is 5.73 Å². The molecule has 0 radical (unpaired) electrons. The maximum Gasteiger partial charge on any atom is 0.272 e. The van der Waals surface area contributed by atoms with E-state index < -0.39 is 11.1 Å². The lowest BCUT2D eigenvalue weighted by atomic mass is 9.99. The molecular formula is C13H11ClN4O2. The molecule has 4 N–H and O–H groups in total. The van der Waals surface area contributed by atoms with Gasteiger partial charge in [0, 0.05) is 17.3 Å². The summed E-state index contributed by atoms with van der Waals surface area (Å²) >= 11 is 6.19. The molecule has 0 saturated carbocycles. The predicted molar refractivity (Wildman–Crippen MR) is 76.5 cm³/mol. The minimum absolute atomic E-state index is 0.112. The largest absolute Gasteiger partial charge is 0.396 e. The van der Waals surface area contributed by atoms with Crippen LogP contribution >= 0.6 is 11.8 Å². The van der Waals surface area contributed by atoms with E-state index in [9.17, 15) is 9.59 Å². The minimum Gasteiger partial charge on any atom is -0.396 e. The molecule has 3 rings (SSSR count). The van der Waals surface area contributed by atoms with Crippen molar-refractivity contribution in [1.82, 2.24) is 14.6 Å².